The van der Waals surface area contributed by atoms with Gasteiger partial charge in [0.25, 0.3) is 5.91 Å². The summed E-state index contributed by atoms with van der Waals surface area (Å²) in [6.07, 6.45) is -3.79. The summed E-state index contributed by atoms with van der Waals surface area (Å²) in [6.45, 7) is 2.05. The van der Waals surface area contributed by atoms with Crippen LogP contribution in [0.3, 0.4) is 0 Å². The molecule has 1 aliphatic rings. The molecule has 7 heteroatoms. The van der Waals surface area contributed by atoms with Crippen molar-refractivity contribution in [1.82, 2.24) is 4.90 Å². The van der Waals surface area contributed by atoms with Gasteiger partial charge in [-0.2, -0.15) is 13.2 Å². The molecule has 1 aromatic carbocycles. The lowest BCUT2D eigenvalue weighted by atomic mass is 10.0. The summed E-state index contributed by atoms with van der Waals surface area (Å²) >= 11 is 0. The third kappa shape index (κ3) is 4.03. The fourth-order valence-corrected chi connectivity index (χ4v) is 2.68. The van der Waals surface area contributed by atoms with Crippen LogP contribution in [0, 0.1) is 0 Å². The molecule has 23 heavy (non-hydrogen) atoms. The highest BCUT2D eigenvalue weighted by atomic mass is 19.4. The monoisotopic (exact) mass is 330 g/mol. The lowest BCUT2D eigenvalue weighted by molar-refractivity contribution is -0.143. The minimum atomic E-state index is -4.40. The Kier molecular flexibility index (Phi) is 5.31. The minimum absolute atomic E-state index is 0.124. The minimum Gasteiger partial charge on any atom is -0.364 e. The van der Waals surface area contributed by atoms with Crippen LogP contribution in [0.1, 0.15) is 36.9 Å². The van der Waals surface area contributed by atoms with Gasteiger partial charge in [-0.15, -0.1) is 0 Å². The standard InChI is InChI=1S/C16H21F3N2O2/c1-10(11-4-3-5-12(8-11)16(17,18)19)21(2)15(22)14-7-6-13(9-20)23-14/h3-5,8,10,13-14H,6-7,9,20H2,1-2H3/t10?,13-,14+/m1/s1. The zero-order valence-corrected chi connectivity index (χ0v) is 13.1. The zero-order chi connectivity index (χ0) is 17.2. The average molecular weight is 330 g/mol. The first-order valence-electron chi connectivity index (χ1n) is 7.53. The number of benzene rings is 1. The van der Waals surface area contributed by atoms with E-state index in [1.54, 1.807) is 20.0 Å². The van der Waals surface area contributed by atoms with Gasteiger partial charge in [0.05, 0.1) is 17.7 Å². The number of hydrogen-bond acceptors (Lipinski definition) is 3. The van der Waals surface area contributed by atoms with E-state index in [0.29, 0.717) is 18.5 Å². The van der Waals surface area contributed by atoms with Crippen LogP contribution < -0.4 is 5.73 Å². The Morgan fingerprint density at radius 1 is 1.43 bits per heavy atom. The number of alkyl halides is 3. The molecule has 1 aliphatic heterocycles. The van der Waals surface area contributed by atoms with Crippen LogP contribution in [-0.4, -0.2) is 36.6 Å². The summed E-state index contributed by atoms with van der Waals surface area (Å²) in [4.78, 5) is 13.9. The quantitative estimate of drug-likeness (QED) is 0.923. The van der Waals surface area contributed by atoms with E-state index in [1.165, 1.54) is 11.0 Å². The van der Waals surface area contributed by atoms with Crippen molar-refractivity contribution in [3.05, 3.63) is 35.4 Å². The van der Waals surface area contributed by atoms with Crippen molar-refractivity contribution in [1.29, 1.82) is 0 Å². The molecule has 1 heterocycles. The molecule has 2 N–H and O–H groups in total. The van der Waals surface area contributed by atoms with Gasteiger partial charge >= 0.3 is 6.18 Å². The Hall–Kier alpha value is -1.60. The molecule has 1 aromatic rings. The third-order valence-electron chi connectivity index (χ3n) is 4.27. The Labute approximate surface area is 133 Å². The summed E-state index contributed by atoms with van der Waals surface area (Å²) in [5.74, 6) is -0.231. The molecular formula is C16H21F3N2O2. The first-order valence-corrected chi connectivity index (χ1v) is 7.53. The van der Waals surface area contributed by atoms with Gasteiger partial charge in [0.2, 0.25) is 0 Å². The van der Waals surface area contributed by atoms with Gasteiger partial charge in [0.1, 0.15) is 6.10 Å². The number of nitrogens with zero attached hydrogens (tertiary/aromatic N) is 1. The molecule has 1 unspecified atom stereocenters. The molecule has 128 valence electrons. The SMILES string of the molecule is CC(c1cccc(C(F)(F)F)c1)N(C)C(=O)[C@@H]1CC[C@H](CN)O1. The fraction of sp³-hybridized carbons (Fsp3) is 0.562. The molecule has 1 fully saturated rings. The number of nitrogens with two attached hydrogens (primary N) is 1. The van der Waals surface area contributed by atoms with Crippen molar-refractivity contribution < 1.29 is 22.7 Å². The van der Waals surface area contributed by atoms with Crippen molar-refractivity contribution in [2.75, 3.05) is 13.6 Å². The van der Waals surface area contributed by atoms with Gasteiger partial charge in [0.15, 0.2) is 0 Å². The first kappa shape index (κ1) is 17.7. The van der Waals surface area contributed by atoms with Crippen LogP contribution in [0.5, 0.6) is 0 Å². The Morgan fingerprint density at radius 2 is 2.13 bits per heavy atom. The highest BCUT2D eigenvalue weighted by molar-refractivity contribution is 5.81. The second-order valence-corrected chi connectivity index (χ2v) is 5.81. The molecule has 0 saturated carbocycles. The summed E-state index contributed by atoms with van der Waals surface area (Å²) < 4.78 is 44.0. The smallest absolute Gasteiger partial charge is 0.364 e. The maximum absolute atomic E-state index is 12.8. The average Bonchev–Trinajstić information content (AvgIpc) is 3.01. The number of carbonyl (C=O) groups is 1. The van der Waals surface area contributed by atoms with E-state index in [0.717, 1.165) is 18.6 Å². The van der Waals surface area contributed by atoms with E-state index >= 15 is 0 Å². The van der Waals surface area contributed by atoms with Gasteiger partial charge in [0, 0.05) is 13.6 Å². The number of hydrogen-bond donors (Lipinski definition) is 1. The van der Waals surface area contributed by atoms with E-state index in [-0.39, 0.29) is 12.0 Å². The Balaban J connectivity index is 2.10. The summed E-state index contributed by atoms with van der Waals surface area (Å²) in [5, 5.41) is 0. The van der Waals surface area contributed by atoms with Crippen molar-refractivity contribution >= 4 is 5.91 Å². The largest absolute Gasteiger partial charge is 0.416 e. The molecule has 0 bridgehead atoms. The molecule has 3 atom stereocenters. The van der Waals surface area contributed by atoms with E-state index < -0.39 is 23.9 Å². The number of halogens is 3. The zero-order valence-electron chi connectivity index (χ0n) is 13.1. The number of amides is 1. The molecule has 1 saturated heterocycles. The van der Waals surface area contributed by atoms with E-state index in [4.69, 9.17) is 10.5 Å². The maximum atomic E-state index is 12.8. The first-order chi connectivity index (χ1) is 10.7. The number of likely N-dealkylation sites (N-methyl/N-ethyl adjacent to an activating group) is 1. The normalized spacial score (nSPS) is 22.9. The Morgan fingerprint density at radius 3 is 2.70 bits per heavy atom. The number of ether oxygens (including phenoxy) is 1. The molecule has 0 aromatic heterocycles. The van der Waals surface area contributed by atoms with Crippen molar-refractivity contribution in [2.45, 2.75) is 44.2 Å². The summed E-state index contributed by atoms with van der Waals surface area (Å²) in [7, 11) is 1.58. The third-order valence-corrected chi connectivity index (χ3v) is 4.27. The van der Waals surface area contributed by atoms with Crippen LogP contribution in [0.15, 0.2) is 24.3 Å². The highest BCUT2D eigenvalue weighted by Gasteiger charge is 2.34. The molecule has 4 nitrogen and oxygen atoms in total. The fourth-order valence-electron chi connectivity index (χ4n) is 2.68. The van der Waals surface area contributed by atoms with Crippen LogP contribution in [0.2, 0.25) is 0 Å². The second-order valence-electron chi connectivity index (χ2n) is 5.81. The van der Waals surface area contributed by atoms with Crippen LogP contribution in [-0.2, 0) is 15.7 Å². The van der Waals surface area contributed by atoms with Crippen LogP contribution >= 0.6 is 0 Å². The predicted molar refractivity (Wildman–Crippen MR) is 79.6 cm³/mol. The predicted octanol–water partition coefficient (Wildman–Crippen LogP) is 2.73. The van der Waals surface area contributed by atoms with Crippen molar-refractivity contribution in [3.8, 4) is 0 Å². The Bertz CT molecular complexity index is 563. The maximum Gasteiger partial charge on any atom is 0.416 e. The molecule has 0 aliphatic carbocycles. The van der Waals surface area contributed by atoms with Gasteiger partial charge in [-0.05, 0) is 37.5 Å². The van der Waals surface area contributed by atoms with E-state index in [9.17, 15) is 18.0 Å². The van der Waals surface area contributed by atoms with Crippen LogP contribution in [0.4, 0.5) is 13.2 Å². The van der Waals surface area contributed by atoms with Gasteiger partial charge < -0.3 is 15.4 Å². The van der Waals surface area contributed by atoms with Crippen molar-refractivity contribution in [3.63, 3.8) is 0 Å². The molecular weight excluding hydrogens is 309 g/mol. The van der Waals surface area contributed by atoms with E-state index in [1.807, 2.05) is 0 Å². The van der Waals surface area contributed by atoms with Crippen molar-refractivity contribution in [2.24, 2.45) is 5.73 Å². The number of carbonyl (C=O) groups excluding carboxylic acids is 1. The molecule has 2 rings (SSSR count). The lowest BCUT2D eigenvalue weighted by Crippen LogP contribution is -2.38. The van der Waals surface area contributed by atoms with E-state index in [2.05, 4.69) is 0 Å². The van der Waals surface area contributed by atoms with Gasteiger partial charge in [-0.3, -0.25) is 4.79 Å². The topological polar surface area (TPSA) is 55.6 Å². The second kappa shape index (κ2) is 6.88. The highest BCUT2D eigenvalue weighted by Crippen LogP contribution is 2.32. The van der Waals surface area contributed by atoms with Gasteiger partial charge in [-0.1, -0.05) is 12.1 Å². The number of rotatable bonds is 4. The van der Waals surface area contributed by atoms with Crippen LogP contribution in [0.25, 0.3) is 0 Å². The van der Waals surface area contributed by atoms with Gasteiger partial charge in [-0.25, -0.2) is 0 Å². The molecule has 1 amide bonds. The molecule has 0 spiro atoms. The molecule has 0 radical (unpaired) electrons. The summed E-state index contributed by atoms with van der Waals surface area (Å²) in [6, 6.07) is 4.55. The summed E-state index contributed by atoms with van der Waals surface area (Å²) in [5.41, 5.74) is 5.24. The lowest BCUT2D eigenvalue weighted by Gasteiger charge is -2.28.